The van der Waals surface area contributed by atoms with Crippen molar-refractivity contribution in [3.05, 3.63) is 77.4 Å². The number of rotatable bonds is 8. The van der Waals surface area contributed by atoms with Crippen LogP contribution in [0.5, 0.6) is 5.75 Å². The first kappa shape index (κ1) is 33.6. The number of nitrogens with one attached hydrogen (secondary N) is 1. The number of carboxylic acid groups (broad SMARTS) is 1. The normalized spacial score (nSPS) is 15.4. The van der Waals surface area contributed by atoms with Crippen LogP contribution in [0.15, 0.2) is 48.9 Å². The van der Waals surface area contributed by atoms with Gasteiger partial charge in [0.1, 0.15) is 16.9 Å². The first-order chi connectivity index (χ1) is 23.4. The number of hydrogen-bond donors (Lipinski definition) is 2. The number of fused-ring (bicyclic) bond motifs is 1. The van der Waals surface area contributed by atoms with Crippen molar-refractivity contribution in [1.29, 1.82) is 0 Å². The largest absolute Gasteiger partial charge is 0.493 e. The van der Waals surface area contributed by atoms with Crippen molar-refractivity contribution in [2.75, 3.05) is 51.3 Å². The second-order valence-electron chi connectivity index (χ2n) is 12.8. The molecule has 5 heterocycles. The highest BCUT2D eigenvalue weighted by Crippen LogP contribution is 2.38. The smallest absolute Gasteiger partial charge is 0.318 e. The molecule has 2 N–H and O–H groups in total. The highest BCUT2D eigenvalue weighted by Gasteiger charge is 2.40. The lowest BCUT2D eigenvalue weighted by Gasteiger charge is -2.35. The van der Waals surface area contributed by atoms with Crippen molar-refractivity contribution in [1.82, 2.24) is 24.8 Å². The maximum absolute atomic E-state index is 16.6. The standard InChI is InChI=1S/C36H38F2N6O5/c1-5-21-8-9-39-19-27(21)25-16-24(22-7-6-10-44(20-22)34(46)36(2,3)35(47)48)30(38)31-26(25)17-28(41-31)33(45)43-13-11-42(12-14-43)32-29(49-4)15-23(37)18-40-32/h7-9,15-19,41H,5-6,10-14,20H2,1-4H3,(H,47,48). The van der Waals surface area contributed by atoms with Gasteiger partial charge in [0.05, 0.1) is 18.8 Å². The molecule has 1 fully saturated rings. The van der Waals surface area contributed by atoms with E-state index in [9.17, 15) is 23.9 Å². The molecule has 49 heavy (non-hydrogen) atoms. The molecule has 0 saturated carbocycles. The number of carbonyl (C=O) groups excluding carboxylic acids is 2. The molecule has 0 bridgehead atoms. The topological polar surface area (TPSA) is 132 Å². The summed E-state index contributed by atoms with van der Waals surface area (Å²) in [4.78, 5) is 55.6. The summed E-state index contributed by atoms with van der Waals surface area (Å²) >= 11 is 0. The second kappa shape index (κ2) is 13.3. The number of halogens is 2. The summed E-state index contributed by atoms with van der Waals surface area (Å²) < 4.78 is 35.6. The molecule has 0 atom stereocenters. The molecule has 2 aliphatic heterocycles. The number of aryl methyl sites for hydroxylation is 1. The molecule has 0 spiro atoms. The Morgan fingerprint density at radius 1 is 1.00 bits per heavy atom. The molecule has 2 aliphatic rings. The summed E-state index contributed by atoms with van der Waals surface area (Å²) in [6, 6.07) is 6.58. The Kier molecular flexibility index (Phi) is 9.10. The van der Waals surface area contributed by atoms with Gasteiger partial charge in [0.15, 0.2) is 17.4 Å². The number of carbonyl (C=O) groups is 3. The van der Waals surface area contributed by atoms with Crippen molar-refractivity contribution in [3.63, 3.8) is 0 Å². The van der Waals surface area contributed by atoms with Gasteiger partial charge in [-0.2, -0.15) is 0 Å². The summed E-state index contributed by atoms with van der Waals surface area (Å²) in [5, 5.41) is 10.2. The fourth-order valence-electron chi connectivity index (χ4n) is 6.50. The first-order valence-electron chi connectivity index (χ1n) is 16.2. The van der Waals surface area contributed by atoms with E-state index in [1.165, 1.54) is 31.9 Å². The Morgan fingerprint density at radius 3 is 2.45 bits per heavy atom. The van der Waals surface area contributed by atoms with Gasteiger partial charge >= 0.3 is 5.97 Å². The third kappa shape index (κ3) is 6.20. The summed E-state index contributed by atoms with van der Waals surface area (Å²) in [7, 11) is 1.45. The minimum Gasteiger partial charge on any atom is -0.493 e. The maximum atomic E-state index is 16.6. The van der Waals surface area contributed by atoms with Crippen LogP contribution in [0.2, 0.25) is 0 Å². The number of carboxylic acids is 1. The van der Waals surface area contributed by atoms with E-state index >= 15 is 4.39 Å². The van der Waals surface area contributed by atoms with E-state index in [0.29, 0.717) is 73.7 Å². The second-order valence-corrected chi connectivity index (χ2v) is 12.8. The van der Waals surface area contributed by atoms with Gasteiger partial charge in [0.25, 0.3) is 5.91 Å². The molecule has 1 aromatic carbocycles. The van der Waals surface area contributed by atoms with E-state index in [2.05, 4.69) is 15.0 Å². The first-order valence-corrected chi connectivity index (χ1v) is 16.2. The number of pyridine rings is 2. The molecule has 13 heteroatoms. The number of aromatic nitrogens is 3. The van der Waals surface area contributed by atoms with E-state index in [4.69, 9.17) is 4.74 Å². The Morgan fingerprint density at radius 2 is 1.76 bits per heavy atom. The quantitative estimate of drug-likeness (QED) is 0.246. The van der Waals surface area contributed by atoms with Crippen LogP contribution >= 0.6 is 0 Å². The molecular weight excluding hydrogens is 634 g/mol. The van der Waals surface area contributed by atoms with Crippen LogP contribution in [0.4, 0.5) is 14.6 Å². The van der Waals surface area contributed by atoms with Crippen LogP contribution in [0.25, 0.3) is 27.6 Å². The lowest BCUT2D eigenvalue weighted by molar-refractivity contribution is -0.158. The van der Waals surface area contributed by atoms with Gasteiger partial charge < -0.3 is 29.5 Å². The van der Waals surface area contributed by atoms with Crippen molar-refractivity contribution in [2.45, 2.75) is 33.6 Å². The highest BCUT2D eigenvalue weighted by atomic mass is 19.1. The Bertz CT molecular complexity index is 1980. The number of amides is 2. The Labute approximate surface area is 282 Å². The van der Waals surface area contributed by atoms with Crippen LogP contribution in [0.1, 0.15) is 48.8 Å². The van der Waals surface area contributed by atoms with Gasteiger partial charge in [0.2, 0.25) is 5.91 Å². The van der Waals surface area contributed by atoms with E-state index in [0.717, 1.165) is 17.3 Å². The summed E-state index contributed by atoms with van der Waals surface area (Å²) in [6.07, 6.45) is 7.54. The number of nitrogens with zero attached hydrogens (tertiary/aromatic N) is 5. The minimum absolute atomic E-state index is 0.0373. The zero-order valence-corrected chi connectivity index (χ0v) is 27.8. The third-order valence-corrected chi connectivity index (χ3v) is 9.40. The lowest BCUT2D eigenvalue weighted by Crippen LogP contribution is -2.49. The SMILES string of the molecule is CCc1ccncc1-c1cc(C2=CCCN(C(=O)C(C)(C)C(=O)O)C2)c(F)c2[nH]c(C(=O)N3CCN(c4ncc(F)cc4OC)CC3)cc12. The molecule has 0 radical (unpaired) electrons. The molecular formula is C36H38F2N6O5. The monoisotopic (exact) mass is 672 g/mol. The lowest BCUT2D eigenvalue weighted by atomic mass is 9.89. The Hall–Kier alpha value is -5.33. The fraction of sp³-hybridized carbons (Fsp3) is 0.361. The van der Waals surface area contributed by atoms with Crippen LogP contribution < -0.4 is 9.64 Å². The number of hydrogen-bond acceptors (Lipinski definition) is 7. The predicted molar refractivity (Wildman–Crippen MR) is 180 cm³/mol. The van der Waals surface area contributed by atoms with Gasteiger partial charge in [-0.25, -0.2) is 13.8 Å². The van der Waals surface area contributed by atoms with Crippen molar-refractivity contribution >= 4 is 40.1 Å². The van der Waals surface area contributed by atoms with Crippen molar-refractivity contribution in [3.8, 4) is 16.9 Å². The number of piperazine rings is 1. The number of ether oxygens (including phenoxy) is 1. The third-order valence-electron chi connectivity index (χ3n) is 9.40. The summed E-state index contributed by atoms with van der Waals surface area (Å²) in [5.41, 5.74) is 2.00. The molecule has 3 aromatic heterocycles. The van der Waals surface area contributed by atoms with E-state index in [1.54, 1.807) is 29.4 Å². The minimum atomic E-state index is -1.64. The van der Waals surface area contributed by atoms with E-state index in [1.807, 2.05) is 24.0 Å². The number of aliphatic carboxylic acids is 1. The zero-order valence-electron chi connectivity index (χ0n) is 27.8. The molecule has 6 rings (SSSR count). The van der Waals surface area contributed by atoms with Gasteiger partial charge in [0, 0.05) is 74.2 Å². The number of aromatic amines is 1. The predicted octanol–water partition coefficient (Wildman–Crippen LogP) is 5.16. The molecule has 4 aromatic rings. The van der Waals surface area contributed by atoms with Crippen LogP contribution in [0.3, 0.4) is 0 Å². The molecule has 11 nitrogen and oxygen atoms in total. The molecule has 0 unspecified atom stereocenters. The zero-order chi connectivity index (χ0) is 35.0. The average Bonchev–Trinajstić information content (AvgIpc) is 3.57. The Balaban J connectivity index is 1.35. The van der Waals surface area contributed by atoms with Crippen LogP contribution in [-0.4, -0.2) is 94.0 Å². The average molecular weight is 673 g/mol. The number of anilines is 1. The number of H-pyrrole nitrogens is 1. The van der Waals surface area contributed by atoms with Gasteiger partial charge in [-0.05, 0) is 61.6 Å². The summed E-state index contributed by atoms with van der Waals surface area (Å²) in [5.74, 6) is -2.35. The van der Waals surface area contributed by atoms with Crippen LogP contribution in [0, 0.1) is 17.0 Å². The van der Waals surface area contributed by atoms with E-state index < -0.39 is 28.9 Å². The highest BCUT2D eigenvalue weighted by molar-refractivity contribution is 6.05. The summed E-state index contributed by atoms with van der Waals surface area (Å²) in [6.45, 7) is 6.66. The number of benzene rings is 1. The molecule has 0 aliphatic carbocycles. The van der Waals surface area contributed by atoms with E-state index in [-0.39, 0.29) is 29.2 Å². The molecule has 1 saturated heterocycles. The van der Waals surface area contributed by atoms with Crippen molar-refractivity contribution < 1.29 is 33.0 Å². The van der Waals surface area contributed by atoms with Gasteiger partial charge in [-0.1, -0.05) is 13.0 Å². The molecule has 2 amide bonds. The maximum Gasteiger partial charge on any atom is 0.318 e. The van der Waals surface area contributed by atoms with Crippen molar-refractivity contribution in [2.24, 2.45) is 5.41 Å². The van der Waals surface area contributed by atoms with Crippen LogP contribution in [-0.2, 0) is 16.0 Å². The van der Waals surface area contributed by atoms with Gasteiger partial charge in [-0.3, -0.25) is 19.4 Å². The fourth-order valence-corrected chi connectivity index (χ4v) is 6.50. The van der Waals surface area contributed by atoms with Gasteiger partial charge in [-0.15, -0.1) is 0 Å². The number of methoxy groups -OCH3 is 1. The molecule has 256 valence electrons.